The lowest BCUT2D eigenvalue weighted by Crippen LogP contribution is -2.10. The summed E-state index contributed by atoms with van der Waals surface area (Å²) in [5, 5.41) is 7.00. The summed E-state index contributed by atoms with van der Waals surface area (Å²) in [5.74, 6) is 0. The fourth-order valence-corrected chi connectivity index (χ4v) is 1.12. The second-order valence-electron chi connectivity index (χ2n) is 4.08. The van der Waals surface area contributed by atoms with Gasteiger partial charge in [-0.1, -0.05) is 57.7 Å². The summed E-state index contributed by atoms with van der Waals surface area (Å²) in [6.45, 7) is 10.4. The maximum Gasteiger partial charge on any atom is 0.0319 e. The van der Waals surface area contributed by atoms with E-state index in [9.17, 15) is 0 Å². The van der Waals surface area contributed by atoms with Gasteiger partial charge in [-0.05, 0) is 16.5 Å². The van der Waals surface area contributed by atoms with E-state index in [1.807, 2.05) is 6.08 Å². The Hall–Kier alpha value is -1.08. The molecule has 0 aliphatic heterocycles. The van der Waals surface area contributed by atoms with Crippen molar-refractivity contribution in [2.45, 2.75) is 26.2 Å². The van der Waals surface area contributed by atoms with E-state index in [0.29, 0.717) is 0 Å². The Bertz CT molecular complexity index is 264. The van der Waals surface area contributed by atoms with E-state index in [4.69, 9.17) is 5.11 Å². The summed E-state index contributed by atoms with van der Waals surface area (Å²) in [7, 11) is 1.00. The van der Waals surface area contributed by atoms with Gasteiger partial charge in [-0.15, -0.1) is 0 Å². The summed E-state index contributed by atoms with van der Waals surface area (Å²) in [5.41, 5.74) is 2.80. The molecule has 0 spiro atoms. The molecule has 1 nitrogen and oxygen atoms in total. The summed E-state index contributed by atoms with van der Waals surface area (Å²) in [4.78, 5) is 0. The molecule has 0 unspecified atom stereocenters. The molecule has 0 radical (unpaired) electrons. The first-order valence-electron chi connectivity index (χ1n) is 4.72. The minimum atomic E-state index is 0.250. The Morgan fingerprint density at radius 1 is 1.07 bits per heavy atom. The van der Waals surface area contributed by atoms with Crippen LogP contribution in [0.25, 0.3) is 6.08 Å². The van der Waals surface area contributed by atoms with E-state index in [0.717, 1.165) is 7.11 Å². The molecule has 0 aliphatic carbocycles. The third kappa shape index (κ3) is 3.75. The fraction of sp³-hybridized carbons (Fsp3) is 0.385. The average molecular weight is 192 g/mol. The van der Waals surface area contributed by atoms with Crippen molar-refractivity contribution in [1.82, 2.24) is 0 Å². The highest BCUT2D eigenvalue weighted by Crippen LogP contribution is 2.22. The first-order chi connectivity index (χ1) is 6.54. The van der Waals surface area contributed by atoms with Gasteiger partial charge in [0.15, 0.2) is 0 Å². The zero-order valence-electron chi connectivity index (χ0n) is 9.54. The van der Waals surface area contributed by atoms with Crippen LogP contribution in [0.15, 0.2) is 30.8 Å². The number of aliphatic hydroxyl groups excluding tert-OH is 1. The van der Waals surface area contributed by atoms with Crippen LogP contribution in [0, 0.1) is 0 Å². The van der Waals surface area contributed by atoms with Crippen LogP contribution >= 0.6 is 0 Å². The van der Waals surface area contributed by atoms with Crippen LogP contribution in [0.5, 0.6) is 0 Å². The van der Waals surface area contributed by atoms with Gasteiger partial charge in [0, 0.05) is 7.11 Å². The molecule has 1 rings (SSSR count). The highest BCUT2D eigenvalue weighted by Gasteiger charge is 2.12. The van der Waals surface area contributed by atoms with Crippen molar-refractivity contribution in [3.8, 4) is 0 Å². The Morgan fingerprint density at radius 3 is 1.79 bits per heavy atom. The van der Waals surface area contributed by atoms with Gasteiger partial charge in [0.05, 0.1) is 0 Å². The van der Waals surface area contributed by atoms with Crippen LogP contribution in [0.2, 0.25) is 0 Å². The predicted molar refractivity (Wildman–Crippen MR) is 63.4 cm³/mol. The lowest BCUT2D eigenvalue weighted by molar-refractivity contribution is 0.399. The van der Waals surface area contributed by atoms with E-state index >= 15 is 0 Å². The van der Waals surface area contributed by atoms with E-state index < -0.39 is 0 Å². The molecule has 1 aromatic carbocycles. The molecular formula is C13H20O. The molecule has 0 aromatic heterocycles. The van der Waals surface area contributed by atoms with Crippen molar-refractivity contribution in [2.24, 2.45) is 0 Å². The molecule has 14 heavy (non-hydrogen) atoms. The zero-order chi connectivity index (χ0) is 11.2. The maximum atomic E-state index is 7.00. The summed E-state index contributed by atoms with van der Waals surface area (Å²) < 4.78 is 0. The number of rotatable bonds is 1. The number of benzene rings is 1. The van der Waals surface area contributed by atoms with Crippen LogP contribution in [-0.4, -0.2) is 12.2 Å². The largest absolute Gasteiger partial charge is 0.400 e. The number of aliphatic hydroxyl groups is 1. The predicted octanol–water partition coefficient (Wildman–Crippen LogP) is 3.24. The Kier molecular flexibility index (Phi) is 5.18. The van der Waals surface area contributed by atoms with E-state index in [-0.39, 0.29) is 5.41 Å². The van der Waals surface area contributed by atoms with Crippen molar-refractivity contribution >= 4 is 6.08 Å². The molecule has 0 aliphatic rings. The maximum absolute atomic E-state index is 7.00. The molecule has 0 amide bonds. The number of hydrogen-bond donors (Lipinski definition) is 1. The minimum absolute atomic E-state index is 0.250. The third-order valence-electron chi connectivity index (χ3n) is 2.01. The van der Waals surface area contributed by atoms with E-state index in [2.05, 4.69) is 51.6 Å². The first kappa shape index (κ1) is 12.9. The van der Waals surface area contributed by atoms with Gasteiger partial charge in [0.1, 0.15) is 0 Å². The van der Waals surface area contributed by atoms with Gasteiger partial charge < -0.3 is 5.11 Å². The van der Waals surface area contributed by atoms with Gasteiger partial charge >= 0.3 is 0 Å². The summed E-state index contributed by atoms with van der Waals surface area (Å²) in [6, 6.07) is 8.54. The third-order valence-corrected chi connectivity index (χ3v) is 2.01. The van der Waals surface area contributed by atoms with Crippen LogP contribution in [0.1, 0.15) is 31.9 Å². The lowest BCUT2D eigenvalue weighted by Gasteiger charge is -2.18. The zero-order valence-corrected chi connectivity index (χ0v) is 9.54. The topological polar surface area (TPSA) is 20.2 Å². The Balaban J connectivity index is 0.000000791. The van der Waals surface area contributed by atoms with Crippen LogP contribution in [0.4, 0.5) is 0 Å². The highest BCUT2D eigenvalue weighted by molar-refractivity contribution is 5.47. The number of hydrogen-bond acceptors (Lipinski definition) is 1. The average Bonchev–Trinajstić information content (AvgIpc) is 2.20. The standard InChI is InChI=1S/C12H16.CH4O/c1-5-10-6-8-11(9-7-10)12(2,3)4;1-2/h5-9H,1H2,2-4H3;2H,1H3. The lowest BCUT2D eigenvalue weighted by atomic mass is 9.87. The highest BCUT2D eigenvalue weighted by atomic mass is 16.2. The Morgan fingerprint density at radius 2 is 1.50 bits per heavy atom. The van der Waals surface area contributed by atoms with Crippen LogP contribution < -0.4 is 0 Å². The molecular weight excluding hydrogens is 172 g/mol. The van der Waals surface area contributed by atoms with Gasteiger partial charge in [-0.3, -0.25) is 0 Å². The molecule has 0 saturated heterocycles. The van der Waals surface area contributed by atoms with Crippen molar-refractivity contribution in [3.05, 3.63) is 42.0 Å². The van der Waals surface area contributed by atoms with Gasteiger partial charge in [0.2, 0.25) is 0 Å². The van der Waals surface area contributed by atoms with Gasteiger partial charge in [-0.25, -0.2) is 0 Å². The molecule has 0 fully saturated rings. The fourth-order valence-electron chi connectivity index (χ4n) is 1.12. The van der Waals surface area contributed by atoms with Crippen LogP contribution in [0.3, 0.4) is 0 Å². The second-order valence-corrected chi connectivity index (χ2v) is 4.08. The van der Waals surface area contributed by atoms with Gasteiger partial charge in [0.25, 0.3) is 0 Å². The molecule has 1 N–H and O–H groups in total. The molecule has 0 heterocycles. The van der Waals surface area contributed by atoms with E-state index in [1.54, 1.807) is 0 Å². The molecule has 0 atom stereocenters. The first-order valence-corrected chi connectivity index (χ1v) is 4.72. The van der Waals surface area contributed by atoms with Gasteiger partial charge in [-0.2, -0.15) is 0 Å². The smallest absolute Gasteiger partial charge is 0.0319 e. The quantitative estimate of drug-likeness (QED) is 0.724. The summed E-state index contributed by atoms with van der Waals surface area (Å²) >= 11 is 0. The van der Waals surface area contributed by atoms with Crippen molar-refractivity contribution < 1.29 is 5.11 Å². The molecule has 1 aromatic rings. The van der Waals surface area contributed by atoms with Crippen molar-refractivity contribution in [2.75, 3.05) is 7.11 Å². The SMILES string of the molecule is C=Cc1ccc(C(C)(C)C)cc1.CO. The van der Waals surface area contributed by atoms with E-state index in [1.165, 1.54) is 11.1 Å². The Labute approximate surface area is 87.1 Å². The normalized spacial score (nSPS) is 10.1. The molecule has 1 heteroatoms. The second kappa shape index (κ2) is 5.61. The summed E-state index contributed by atoms with van der Waals surface area (Å²) in [6.07, 6.45) is 1.87. The van der Waals surface area contributed by atoms with Crippen LogP contribution in [-0.2, 0) is 5.41 Å². The molecule has 0 bridgehead atoms. The van der Waals surface area contributed by atoms with Crippen molar-refractivity contribution in [3.63, 3.8) is 0 Å². The molecule has 0 saturated carbocycles. The minimum Gasteiger partial charge on any atom is -0.400 e. The molecule has 78 valence electrons. The monoisotopic (exact) mass is 192 g/mol. The van der Waals surface area contributed by atoms with Crippen molar-refractivity contribution in [1.29, 1.82) is 0 Å².